The number of benzene rings is 4. The van der Waals surface area contributed by atoms with E-state index in [-0.39, 0.29) is 30.4 Å². The van der Waals surface area contributed by atoms with E-state index in [9.17, 15) is 29.1 Å². The normalized spacial score (nSPS) is 14.2. The van der Waals surface area contributed by atoms with Gasteiger partial charge in [0.2, 0.25) is 5.91 Å². The van der Waals surface area contributed by atoms with Gasteiger partial charge in [-0.2, -0.15) is 0 Å². The van der Waals surface area contributed by atoms with Gasteiger partial charge in [0.25, 0.3) is 11.8 Å². The number of piperazine rings is 1. The Balaban J connectivity index is 1.05. The third-order valence-corrected chi connectivity index (χ3v) is 9.00. The van der Waals surface area contributed by atoms with E-state index >= 15 is 0 Å². The topological polar surface area (TPSA) is 158 Å². The third-order valence-electron chi connectivity index (χ3n) is 9.00. The molecule has 1 aliphatic heterocycles. The van der Waals surface area contributed by atoms with Gasteiger partial charge in [-0.1, -0.05) is 68.4 Å². The molecule has 1 fully saturated rings. The Morgan fingerprint density at radius 1 is 0.750 bits per heavy atom. The van der Waals surface area contributed by atoms with Crippen molar-refractivity contribution in [1.29, 1.82) is 0 Å². The molecule has 0 spiro atoms. The van der Waals surface area contributed by atoms with Crippen LogP contribution in [0.1, 0.15) is 46.5 Å². The quantitative estimate of drug-likeness (QED) is 0.163. The number of amides is 4. The van der Waals surface area contributed by atoms with Gasteiger partial charge in [-0.15, -0.1) is 0 Å². The summed E-state index contributed by atoms with van der Waals surface area (Å²) in [5, 5.41) is 16.9. The van der Waals surface area contributed by atoms with Gasteiger partial charge < -0.3 is 34.7 Å². The standard InChI is InChI=1S/C40H40N4O8/c1-25(2)23-31(41-36(45)30-12-8-14-34-35(30)29-11-6-7-13-33(29)52-34)37(46)42-32(39(48)49)24-26-15-17-28(18-16-26)51-40(50)44-21-19-43(20-22-44)38(47)27-9-4-3-5-10-27/h3-18,25,31-32H,19-24H2,1-2H3,(H,41,45)(H,42,46)(H,48,49)/t31-,32-/m0/s1. The van der Waals surface area contributed by atoms with Crippen LogP contribution in [0.2, 0.25) is 0 Å². The Hall–Kier alpha value is -6.17. The highest BCUT2D eigenvalue weighted by Crippen LogP contribution is 2.31. The Morgan fingerprint density at radius 3 is 2.10 bits per heavy atom. The number of hydrogen-bond donors (Lipinski definition) is 3. The highest BCUT2D eigenvalue weighted by Gasteiger charge is 2.29. The number of carbonyl (C=O) groups is 5. The van der Waals surface area contributed by atoms with Gasteiger partial charge in [0, 0.05) is 48.9 Å². The SMILES string of the molecule is CC(C)C[C@H](NC(=O)c1cccc2oc3ccccc3c12)C(=O)N[C@@H](Cc1ccc(OC(=O)N2CCN(C(=O)c3ccccc3)CC2)cc1)C(=O)O. The van der Waals surface area contributed by atoms with Crippen LogP contribution in [0.25, 0.3) is 21.9 Å². The molecule has 0 aliphatic carbocycles. The molecule has 0 saturated carbocycles. The Bertz CT molecular complexity index is 2090. The summed E-state index contributed by atoms with van der Waals surface area (Å²) in [6, 6.07) is 25.6. The van der Waals surface area contributed by atoms with Crippen LogP contribution in [0.4, 0.5) is 4.79 Å². The van der Waals surface area contributed by atoms with Gasteiger partial charge in [-0.3, -0.25) is 14.4 Å². The van der Waals surface area contributed by atoms with Crippen molar-refractivity contribution in [2.45, 2.75) is 38.8 Å². The van der Waals surface area contributed by atoms with E-state index in [0.717, 1.165) is 5.39 Å². The van der Waals surface area contributed by atoms with E-state index in [1.54, 1.807) is 59.5 Å². The summed E-state index contributed by atoms with van der Waals surface area (Å²) >= 11 is 0. The minimum absolute atomic E-state index is 0.0146. The number of ether oxygens (including phenoxy) is 1. The van der Waals surface area contributed by atoms with Gasteiger partial charge in [-0.25, -0.2) is 9.59 Å². The Kier molecular flexibility index (Phi) is 10.8. The van der Waals surface area contributed by atoms with Crippen LogP contribution < -0.4 is 15.4 Å². The van der Waals surface area contributed by atoms with Crippen molar-refractivity contribution in [1.82, 2.24) is 20.4 Å². The highest BCUT2D eigenvalue weighted by molar-refractivity contribution is 6.16. The molecule has 4 amide bonds. The van der Waals surface area contributed by atoms with Crippen LogP contribution in [0.5, 0.6) is 5.75 Å². The number of rotatable bonds is 11. The monoisotopic (exact) mass is 704 g/mol. The van der Waals surface area contributed by atoms with Crippen molar-refractivity contribution in [3.63, 3.8) is 0 Å². The van der Waals surface area contributed by atoms with Gasteiger partial charge in [0.15, 0.2) is 0 Å². The average Bonchev–Trinajstić information content (AvgIpc) is 3.54. The Labute approximate surface area is 300 Å². The van der Waals surface area contributed by atoms with E-state index in [1.807, 2.05) is 56.3 Å². The minimum Gasteiger partial charge on any atom is -0.480 e. The minimum atomic E-state index is -1.29. The lowest BCUT2D eigenvalue weighted by Gasteiger charge is -2.34. The molecule has 12 heteroatoms. The number of para-hydroxylation sites is 1. The first-order valence-electron chi connectivity index (χ1n) is 17.2. The molecule has 1 aliphatic rings. The molecule has 1 saturated heterocycles. The molecule has 52 heavy (non-hydrogen) atoms. The molecule has 2 atom stereocenters. The van der Waals surface area contributed by atoms with E-state index < -0.39 is 36.0 Å². The predicted octanol–water partition coefficient (Wildman–Crippen LogP) is 5.50. The molecule has 2 heterocycles. The highest BCUT2D eigenvalue weighted by atomic mass is 16.6. The van der Waals surface area contributed by atoms with E-state index in [2.05, 4.69) is 10.6 Å². The van der Waals surface area contributed by atoms with E-state index in [0.29, 0.717) is 59.4 Å². The summed E-state index contributed by atoms with van der Waals surface area (Å²) in [6.45, 7) is 5.22. The summed E-state index contributed by atoms with van der Waals surface area (Å²) in [4.78, 5) is 68.2. The second-order valence-electron chi connectivity index (χ2n) is 13.2. The number of carboxylic acids is 1. The van der Waals surface area contributed by atoms with Crippen LogP contribution in [0, 0.1) is 5.92 Å². The number of hydrogen-bond acceptors (Lipinski definition) is 7. The second kappa shape index (κ2) is 15.8. The molecule has 0 radical (unpaired) electrons. The lowest BCUT2D eigenvalue weighted by atomic mass is 10.00. The summed E-state index contributed by atoms with van der Waals surface area (Å²) in [5.41, 5.74) is 2.71. The maximum atomic E-state index is 13.6. The zero-order valence-corrected chi connectivity index (χ0v) is 28.9. The molecule has 0 unspecified atom stereocenters. The van der Waals surface area contributed by atoms with Gasteiger partial charge in [0.1, 0.15) is 29.0 Å². The molecule has 4 aromatic carbocycles. The van der Waals surface area contributed by atoms with Crippen LogP contribution >= 0.6 is 0 Å². The number of aliphatic carboxylic acids is 1. The maximum absolute atomic E-state index is 13.6. The van der Waals surface area contributed by atoms with Gasteiger partial charge in [0.05, 0.1) is 5.56 Å². The van der Waals surface area contributed by atoms with Gasteiger partial charge in [-0.05, 0) is 60.4 Å². The van der Waals surface area contributed by atoms with Crippen LogP contribution in [-0.2, 0) is 16.0 Å². The van der Waals surface area contributed by atoms with Crippen molar-refractivity contribution in [2.75, 3.05) is 26.2 Å². The number of nitrogens with one attached hydrogen (secondary N) is 2. The van der Waals surface area contributed by atoms with Crippen LogP contribution in [-0.4, -0.2) is 83.0 Å². The molecule has 5 aromatic rings. The molecule has 0 bridgehead atoms. The molecule has 6 rings (SSSR count). The van der Waals surface area contributed by atoms with Crippen molar-refractivity contribution < 1.29 is 38.2 Å². The molecule has 268 valence electrons. The molecule has 12 nitrogen and oxygen atoms in total. The number of carbonyl (C=O) groups excluding carboxylic acids is 4. The second-order valence-corrected chi connectivity index (χ2v) is 13.2. The maximum Gasteiger partial charge on any atom is 0.415 e. The van der Waals surface area contributed by atoms with Crippen molar-refractivity contribution in [2.24, 2.45) is 5.92 Å². The van der Waals surface area contributed by atoms with E-state index in [4.69, 9.17) is 9.15 Å². The molecule has 3 N–H and O–H groups in total. The summed E-state index contributed by atoms with van der Waals surface area (Å²) < 4.78 is 11.5. The van der Waals surface area contributed by atoms with Gasteiger partial charge >= 0.3 is 12.1 Å². The zero-order chi connectivity index (χ0) is 36.8. The van der Waals surface area contributed by atoms with Crippen molar-refractivity contribution in [3.05, 3.63) is 114 Å². The first-order valence-corrected chi connectivity index (χ1v) is 17.2. The predicted molar refractivity (Wildman–Crippen MR) is 194 cm³/mol. The fraction of sp³-hybridized carbons (Fsp3) is 0.275. The number of fused-ring (bicyclic) bond motifs is 3. The fourth-order valence-electron chi connectivity index (χ4n) is 6.33. The average molecular weight is 705 g/mol. The third kappa shape index (κ3) is 8.23. The number of furan rings is 1. The molecular formula is C40H40N4O8. The van der Waals surface area contributed by atoms with Crippen molar-refractivity contribution in [3.8, 4) is 5.75 Å². The Morgan fingerprint density at radius 2 is 1.40 bits per heavy atom. The smallest absolute Gasteiger partial charge is 0.415 e. The first kappa shape index (κ1) is 35.6. The lowest BCUT2D eigenvalue weighted by molar-refractivity contribution is -0.142. The molecule has 1 aromatic heterocycles. The lowest BCUT2D eigenvalue weighted by Crippen LogP contribution is -2.52. The largest absolute Gasteiger partial charge is 0.480 e. The van der Waals surface area contributed by atoms with E-state index in [1.165, 1.54) is 4.90 Å². The fourth-order valence-corrected chi connectivity index (χ4v) is 6.33. The summed E-state index contributed by atoms with van der Waals surface area (Å²) in [6.07, 6.45) is -0.314. The van der Waals surface area contributed by atoms with Crippen molar-refractivity contribution >= 4 is 51.7 Å². The first-order chi connectivity index (χ1) is 25.1. The number of nitrogens with zero attached hydrogens (tertiary/aromatic N) is 2. The summed E-state index contributed by atoms with van der Waals surface area (Å²) in [7, 11) is 0. The zero-order valence-electron chi connectivity index (χ0n) is 28.9. The molecular weight excluding hydrogens is 664 g/mol. The van der Waals surface area contributed by atoms with Crippen LogP contribution in [0.15, 0.2) is 101 Å². The summed E-state index contributed by atoms with van der Waals surface area (Å²) in [5.74, 6) is -2.13. The number of carboxylic acid groups (broad SMARTS) is 1. The van der Waals surface area contributed by atoms with Crippen LogP contribution in [0.3, 0.4) is 0 Å².